The average molecular weight is 298 g/mol. The minimum absolute atomic E-state index is 0.146. The Bertz CT molecular complexity index is 690. The summed E-state index contributed by atoms with van der Waals surface area (Å²) in [7, 11) is 0. The van der Waals surface area contributed by atoms with E-state index in [2.05, 4.69) is 46.8 Å². The van der Waals surface area contributed by atoms with Gasteiger partial charge in [-0.3, -0.25) is 9.89 Å². The number of carbonyl (C=O) groups is 1. The molecule has 0 saturated heterocycles. The highest BCUT2D eigenvalue weighted by molar-refractivity contribution is 6.04. The Morgan fingerprint density at radius 2 is 2.09 bits per heavy atom. The van der Waals surface area contributed by atoms with Crippen molar-refractivity contribution in [1.29, 1.82) is 0 Å². The fraction of sp³-hybridized carbons (Fsp3) is 0.412. The highest BCUT2D eigenvalue weighted by Crippen LogP contribution is 2.20. The number of amides is 1. The van der Waals surface area contributed by atoms with E-state index in [0.717, 1.165) is 42.8 Å². The van der Waals surface area contributed by atoms with Crippen molar-refractivity contribution in [3.8, 4) is 0 Å². The first-order valence-electron chi connectivity index (χ1n) is 7.92. The molecule has 0 aliphatic carbocycles. The second kappa shape index (κ2) is 6.32. The van der Waals surface area contributed by atoms with Crippen LogP contribution in [0.2, 0.25) is 0 Å². The molecule has 1 aromatic heterocycles. The number of nitrogens with zero attached hydrogens (tertiary/aromatic N) is 1. The number of hydrogen-bond donors (Lipinski definition) is 3. The summed E-state index contributed by atoms with van der Waals surface area (Å²) in [5.41, 5.74) is 6.01. The molecule has 3 N–H and O–H groups in total. The SMILES string of the molecule is CCc1ccc(NC(=O)c2n[nH]c3c2CNCC3)cc1CC. The Balaban J connectivity index is 1.81. The van der Waals surface area contributed by atoms with Gasteiger partial charge in [-0.15, -0.1) is 0 Å². The van der Waals surface area contributed by atoms with Gasteiger partial charge in [-0.05, 0) is 36.1 Å². The molecule has 0 spiro atoms. The summed E-state index contributed by atoms with van der Waals surface area (Å²) >= 11 is 0. The lowest BCUT2D eigenvalue weighted by atomic mass is 10.0. The van der Waals surface area contributed by atoms with Crippen LogP contribution in [-0.2, 0) is 25.8 Å². The minimum atomic E-state index is -0.146. The molecule has 0 fully saturated rings. The fourth-order valence-corrected chi connectivity index (χ4v) is 2.98. The average Bonchev–Trinajstić information content (AvgIpc) is 2.98. The van der Waals surface area contributed by atoms with Gasteiger partial charge in [0.05, 0.1) is 0 Å². The molecule has 1 aliphatic rings. The zero-order chi connectivity index (χ0) is 15.5. The molecule has 1 amide bonds. The lowest BCUT2D eigenvalue weighted by Gasteiger charge is -2.13. The van der Waals surface area contributed by atoms with Crippen LogP contribution in [0, 0.1) is 0 Å². The van der Waals surface area contributed by atoms with Crippen LogP contribution in [0.3, 0.4) is 0 Å². The number of nitrogens with one attached hydrogen (secondary N) is 3. The fourth-order valence-electron chi connectivity index (χ4n) is 2.98. The van der Waals surface area contributed by atoms with E-state index in [4.69, 9.17) is 0 Å². The summed E-state index contributed by atoms with van der Waals surface area (Å²) in [6.07, 6.45) is 2.87. The molecule has 1 aliphatic heterocycles. The summed E-state index contributed by atoms with van der Waals surface area (Å²) in [5.74, 6) is -0.146. The maximum Gasteiger partial charge on any atom is 0.276 e. The second-order valence-corrected chi connectivity index (χ2v) is 5.60. The standard InChI is InChI=1S/C17H22N4O/c1-3-11-5-6-13(9-12(11)4-2)19-17(22)16-14-10-18-8-7-15(14)20-21-16/h5-6,9,18H,3-4,7-8,10H2,1-2H3,(H,19,22)(H,20,21). The van der Waals surface area contributed by atoms with Crippen LogP contribution in [-0.4, -0.2) is 22.6 Å². The van der Waals surface area contributed by atoms with E-state index in [1.165, 1.54) is 11.1 Å². The maximum absolute atomic E-state index is 12.5. The van der Waals surface area contributed by atoms with Gasteiger partial charge in [0, 0.05) is 36.5 Å². The normalized spacial score (nSPS) is 13.7. The predicted octanol–water partition coefficient (Wildman–Crippen LogP) is 2.43. The lowest BCUT2D eigenvalue weighted by Crippen LogP contribution is -2.25. The Hall–Kier alpha value is -2.14. The molecule has 5 heteroatoms. The molecule has 5 nitrogen and oxygen atoms in total. The Morgan fingerprint density at radius 1 is 1.27 bits per heavy atom. The number of rotatable bonds is 4. The summed E-state index contributed by atoms with van der Waals surface area (Å²) in [6.45, 7) is 5.91. The smallest absolute Gasteiger partial charge is 0.276 e. The number of aromatic amines is 1. The summed E-state index contributed by atoms with van der Waals surface area (Å²) < 4.78 is 0. The number of carbonyl (C=O) groups excluding carboxylic acids is 1. The first-order chi connectivity index (χ1) is 10.7. The molecular weight excluding hydrogens is 276 g/mol. The molecule has 0 saturated carbocycles. The predicted molar refractivity (Wildman–Crippen MR) is 87.1 cm³/mol. The summed E-state index contributed by atoms with van der Waals surface area (Å²) in [4.78, 5) is 12.5. The van der Waals surface area contributed by atoms with E-state index in [-0.39, 0.29) is 5.91 Å². The Morgan fingerprint density at radius 3 is 2.86 bits per heavy atom. The number of hydrogen-bond acceptors (Lipinski definition) is 3. The van der Waals surface area contributed by atoms with Gasteiger partial charge < -0.3 is 10.6 Å². The van der Waals surface area contributed by atoms with E-state index >= 15 is 0 Å². The second-order valence-electron chi connectivity index (χ2n) is 5.60. The first kappa shape index (κ1) is 14.8. The van der Waals surface area contributed by atoms with Crippen molar-refractivity contribution in [2.75, 3.05) is 11.9 Å². The van der Waals surface area contributed by atoms with Crippen molar-refractivity contribution >= 4 is 11.6 Å². The van der Waals surface area contributed by atoms with Crippen molar-refractivity contribution < 1.29 is 4.79 Å². The molecular formula is C17H22N4O. The maximum atomic E-state index is 12.5. The van der Waals surface area contributed by atoms with Crippen LogP contribution < -0.4 is 10.6 Å². The molecule has 2 heterocycles. The van der Waals surface area contributed by atoms with Crippen LogP contribution in [0.25, 0.3) is 0 Å². The van der Waals surface area contributed by atoms with Gasteiger partial charge in [-0.2, -0.15) is 5.10 Å². The van der Waals surface area contributed by atoms with Crippen molar-refractivity contribution in [3.05, 3.63) is 46.3 Å². The van der Waals surface area contributed by atoms with E-state index in [0.29, 0.717) is 12.2 Å². The van der Waals surface area contributed by atoms with Gasteiger partial charge in [0.15, 0.2) is 5.69 Å². The molecule has 0 unspecified atom stereocenters. The minimum Gasteiger partial charge on any atom is -0.321 e. The Kier molecular flexibility index (Phi) is 4.24. The van der Waals surface area contributed by atoms with E-state index < -0.39 is 0 Å². The molecule has 3 rings (SSSR count). The third-order valence-corrected chi connectivity index (χ3v) is 4.25. The van der Waals surface area contributed by atoms with Crippen molar-refractivity contribution in [2.24, 2.45) is 0 Å². The molecule has 0 bridgehead atoms. The highest BCUT2D eigenvalue weighted by atomic mass is 16.1. The van der Waals surface area contributed by atoms with Gasteiger partial charge in [-0.1, -0.05) is 19.9 Å². The summed E-state index contributed by atoms with van der Waals surface area (Å²) in [6, 6.07) is 6.12. The molecule has 116 valence electrons. The van der Waals surface area contributed by atoms with Gasteiger partial charge >= 0.3 is 0 Å². The largest absolute Gasteiger partial charge is 0.321 e. The number of benzene rings is 1. The zero-order valence-corrected chi connectivity index (χ0v) is 13.1. The highest BCUT2D eigenvalue weighted by Gasteiger charge is 2.21. The number of aryl methyl sites for hydroxylation is 2. The van der Waals surface area contributed by atoms with Crippen molar-refractivity contribution in [1.82, 2.24) is 15.5 Å². The third kappa shape index (κ3) is 2.76. The van der Waals surface area contributed by atoms with Crippen molar-refractivity contribution in [3.63, 3.8) is 0 Å². The lowest BCUT2D eigenvalue weighted by molar-refractivity contribution is 0.102. The number of aromatic nitrogens is 2. The van der Waals surface area contributed by atoms with Gasteiger partial charge in [0.1, 0.15) is 0 Å². The molecule has 1 aromatic carbocycles. The third-order valence-electron chi connectivity index (χ3n) is 4.25. The molecule has 0 atom stereocenters. The quantitative estimate of drug-likeness (QED) is 0.812. The monoisotopic (exact) mass is 298 g/mol. The van der Waals surface area contributed by atoms with Crippen LogP contribution in [0.15, 0.2) is 18.2 Å². The van der Waals surface area contributed by atoms with Crippen LogP contribution in [0.4, 0.5) is 5.69 Å². The van der Waals surface area contributed by atoms with Gasteiger partial charge in [0.25, 0.3) is 5.91 Å². The van der Waals surface area contributed by atoms with Crippen LogP contribution in [0.1, 0.15) is 46.7 Å². The van der Waals surface area contributed by atoms with Crippen LogP contribution in [0.5, 0.6) is 0 Å². The number of anilines is 1. The first-order valence-corrected chi connectivity index (χ1v) is 7.92. The van der Waals surface area contributed by atoms with Gasteiger partial charge in [-0.25, -0.2) is 0 Å². The topological polar surface area (TPSA) is 69.8 Å². The Labute approximate surface area is 130 Å². The van der Waals surface area contributed by atoms with E-state index in [9.17, 15) is 4.79 Å². The van der Waals surface area contributed by atoms with Crippen LogP contribution >= 0.6 is 0 Å². The molecule has 22 heavy (non-hydrogen) atoms. The zero-order valence-electron chi connectivity index (χ0n) is 13.1. The summed E-state index contributed by atoms with van der Waals surface area (Å²) in [5, 5.41) is 13.4. The van der Waals surface area contributed by atoms with Crippen molar-refractivity contribution in [2.45, 2.75) is 39.7 Å². The van der Waals surface area contributed by atoms with E-state index in [1.807, 2.05) is 6.07 Å². The molecule has 2 aromatic rings. The van der Waals surface area contributed by atoms with Gasteiger partial charge in [0.2, 0.25) is 0 Å². The number of H-pyrrole nitrogens is 1. The van der Waals surface area contributed by atoms with E-state index in [1.54, 1.807) is 0 Å². The number of fused-ring (bicyclic) bond motifs is 1. The molecule has 0 radical (unpaired) electrons.